The van der Waals surface area contributed by atoms with E-state index in [0.717, 1.165) is 26.0 Å². The Labute approximate surface area is 135 Å². The minimum atomic E-state index is 0.196. The van der Waals surface area contributed by atoms with Crippen molar-refractivity contribution in [1.82, 2.24) is 9.88 Å². The summed E-state index contributed by atoms with van der Waals surface area (Å²) in [5.74, 6) is 0. The molecule has 1 aromatic heterocycles. The first-order chi connectivity index (χ1) is 11.4. The van der Waals surface area contributed by atoms with Crippen LogP contribution in [-0.2, 0) is 17.6 Å². The normalized spacial score (nSPS) is 23.8. The lowest BCUT2D eigenvalue weighted by molar-refractivity contribution is 0.0298. The number of rotatable bonds is 2. The van der Waals surface area contributed by atoms with Crippen molar-refractivity contribution < 1.29 is 4.74 Å². The molecular formula is C20H20N2O. The van der Waals surface area contributed by atoms with Gasteiger partial charge in [-0.3, -0.25) is 4.90 Å². The van der Waals surface area contributed by atoms with Crippen LogP contribution in [-0.4, -0.2) is 29.3 Å². The topological polar surface area (TPSA) is 28.3 Å². The van der Waals surface area contributed by atoms with E-state index in [1.54, 1.807) is 0 Å². The van der Waals surface area contributed by atoms with Gasteiger partial charge in [0.15, 0.2) is 0 Å². The van der Waals surface area contributed by atoms with E-state index in [4.69, 9.17) is 4.74 Å². The quantitative estimate of drug-likeness (QED) is 0.782. The first-order valence-electron chi connectivity index (χ1n) is 8.41. The molecule has 23 heavy (non-hydrogen) atoms. The predicted molar refractivity (Wildman–Crippen MR) is 91.3 cm³/mol. The minimum Gasteiger partial charge on any atom is -0.361 e. The van der Waals surface area contributed by atoms with E-state index in [2.05, 4.69) is 64.5 Å². The van der Waals surface area contributed by atoms with Gasteiger partial charge in [-0.25, -0.2) is 0 Å². The van der Waals surface area contributed by atoms with Gasteiger partial charge in [-0.05, 0) is 23.6 Å². The molecule has 1 saturated heterocycles. The molecule has 116 valence electrons. The highest BCUT2D eigenvalue weighted by atomic mass is 16.5. The first-order valence-corrected chi connectivity index (χ1v) is 8.41. The SMILES string of the molecule is c1ccc(CC2OCC3c4[nH]c5ccccc5c4CCN23)cc1. The van der Waals surface area contributed by atoms with Gasteiger partial charge in [0, 0.05) is 29.6 Å². The van der Waals surface area contributed by atoms with Gasteiger partial charge in [0.1, 0.15) is 6.23 Å². The lowest BCUT2D eigenvalue weighted by atomic mass is 9.98. The largest absolute Gasteiger partial charge is 0.361 e. The van der Waals surface area contributed by atoms with Gasteiger partial charge in [-0.1, -0.05) is 48.5 Å². The average Bonchev–Trinajstić information content (AvgIpc) is 3.17. The second-order valence-corrected chi connectivity index (χ2v) is 6.54. The zero-order chi connectivity index (χ0) is 15.2. The van der Waals surface area contributed by atoms with Crippen molar-refractivity contribution in [2.24, 2.45) is 0 Å². The molecule has 3 heteroatoms. The zero-order valence-electron chi connectivity index (χ0n) is 13.0. The summed E-state index contributed by atoms with van der Waals surface area (Å²) >= 11 is 0. The molecule has 0 spiro atoms. The van der Waals surface area contributed by atoms with E-state index in [0.29, 0.717) is 6.04 Å². The van der Waals surface area contributed by atoms with Gasteiger partial charge in [-0.2, -0.15) is 0 Å². The second kappa shape index (κ2) is 5.22. The van der Waals surface area contributed by atoms with E-state index in [1.807, 2.05) is 0 Å². The smallest absolute Gasteiger partial charge is 0.115 e. The molecule has 0 bridgehead atoms. The lowest BCUT2D eigenvalue weighted by Gasteiger charge is -2.32. The molecule has 3 aromatic rings. The summed E-state index contributed by atoms with van der Waals surface area (Å²) < 4.78 is 6.16. The lowest BCUT2D eigenvalue weighted by Crippen LogP contribution is -2.38. The van der Waals surface area contributed by atoms with Crippen LogP contribution < -0.4 is 0 Å². The van der Waals surface area contributed by atoms with Crippen LogP contribution in [0.3, 0.4) is 0 Å². The molecule has 1 fully saturated rings. The summed E-state index contributed by atoms with van der Waals surface area (Å²) in [6, 6.07) is 19.7. The van der Waals surface area contributed by atoms with Crippen molar-refractivity contribution >= 4 is 10.9 Å². The molecule has 2 aliphatic heterocycles. The number of hydrogen-bond acceptors (Lipinski definition) is 2. The molecule has 0 radical (unpaired) electrons. The van der Waals surface area contributed by atoms with E-state index < -0.39 is 0 Å². The van der Waals surface area contributed by atoms with Crippen molar-refractivity contribution in [3.8, 4) is 0 Å². The van der Waals surface area contributed by atoms with Crippen LogP contribution in [0.4, 0.5) is 0 Å². The Hall–Kier alpha value is -2.10. The van der Waals surface area contributed by atoms with Gasteiger partial charge in [0.05, 0.1) is 12.6 Å². The van der Waals surface area contributed by atoms with Crippen LogP contribution in [0, 0.1) is 0 Å². The first kappa shape index (κ1) is 13.3. The second-order valence-electron chi connectivity index (χ2n) is 6.54. The molecular weight excluding hydrogens is 284 g/mol. The fourth-order valence-corrected chi connectivity index (χ4v) is 4.15. The molecule has 1 N–H and O–H groups in total. The van der Waals surface area contributed by atoms with Crippen molar-refractivity contribution in [2.75, 3.05) is 13.2 Å². The Morgan fingerprint density at radius 2 is 1.87 bits per heavy atom. The van der Waals surface area contributed by atoms with Crippen LogP contribution in [0.5, 0.6) is 0 Å². The van der Waals surface area contributed by atoms with Crippen LogP contribution in [0.1, 0.15) is 22.9 Å². The maximum absolute atomic E-state index is 6.16. The predicted octanol–water partition coefficient (Wildman–Crippen LogP) is 3.67. The minimum absolute atomic E-state index is 0.196. The highest BCUT2D eigenvalue weighted by Crippen LogP contribution is 2.39. The molecule has 3 heterocycles. The number of benzene rings is 2. The Morgan fingerprint density at radius 1 is 1.04 bits per heavy atom. The van der Waals surface area contributed by atoms with E-state index >= 15 is 0 Å². The number of fused-ring (bicyclic) bond motifs is 5. The van der Waals surface area contributed by atoms with Gasteiger partial charge in [0.25, 0.3) is 0 Å². The third-order valence-electron chi connectivity index (χ3n) is 5.27. The zero-order valence-corrected chi connectivity index (χ0v) is 13.0. The summed E-state index contributed by atoms with van der Waals surface area (Å²) in [4.78, 5) is 6.18. The van der Waals surface area contributed by atoms with E-state index in [9.17, 15) is 0 Å². The maximum atomic E-state index is 6.16. The van der Waals surface area contributed by atoms with Crippen molar-refractivity contribution in [3.63, 3.8) is 0 Å². The van der Waals surface area contributed by atoms with Crippen LogP contribution in [0.15, 0.2) is 54.6 Å². The summed E-state index contributed by atoms with van der Waals surface area (Å²) in [6.45, 7) is 1.87. The van der Waals surface area contributed by atoms with Crippen molar-refractivity contribution in [3.05, 3.63) is 71.4 Å². The highest BCUT2D eigenvalue weighted by molar-refractivity contribution is 5.85. The van der Waals surface area contributed by atoms with Crippen LogP contribution >= 0.6 is 0 Å². The molecule has 2 aliphatic rings. The molecule has 2 unspecified atom stereocenters. The number of para-hydroxylation sites is 1. The van der Waals surface area contributed by atoms with E-state index in [1.165, 1.54) is 27.7 Å². The molecule has 3 nitrogen and oxygen atoms in total. The summed E-state index contributed by atoms with van der Waals surface area (Å²) in [5.41, 5.74) is 5.46. The number of nitrogens with zero attached hydrogens (tertiary/aromatic N) is 1. The molecule has 2 atom stereocenters. The van der Waals surface area contributed by atoms with Gasteiger partial charge >= 0.3 is 0 Å². The number of aromatic amines is 1. The Bertz CT molecular complexity index is 839. The third-order valence-corrected chi connectivity index (χ3v) is 5.27. The maximum Gasteiger partial charge on any atom is 0.115 e. The van der Waals surface area contributed by atoms with E-state index in [-0.39, 0.29) is 6.23 Å². The van der Waals surface area contributed by atoms with Crippen molar-refractivity contribution in [1.29, 1.82) is 0 Å². The molecule has 0 saturated carbocycles. The molecule has 2 aromatic carbocycles. The third kappa shape index (κ3) is 2.12. The number of nitrogens with one attached hydrogen (secondary N) is 1. The molecule has 0 aliphatic carbocycles. The van der Waals surface area contributed by atoms with Gasteiger partial charge < -0.3 is 9.72 Å². The number of H-pyrrole nitrogens is 1. The van der Waals surface area contributed by atoms with Crippen LogP contribution in [0.2, 0.25) is 0 Å². The Morgan fingerprint density at radius 3 is 2.78 bits per heavy atom. The summed E-state index contributed by atoms with van der Waals surface area (Å²) in [6.07, 6.45) is 2.26. The fourth-order valence-electron chi connectivity index (χ4n) is 4.15. The van der Waals surface area contributed by atoms with Crippen LogP contribution in [0.25, 0.3) is 10.9 Å². The number of hydrogen-bond donors (Lipinski definition) is 1. The van der Waals surface area contributed by atoms with Gasteiger partial charge in [-0.15, -0.1) is 0 Å². The molecule has 5 rings (SSSR count). The Kier molecular flexibility index (Phi) is 3.03. The fraction of sp³-hybridized carbons (Fsp3) is 0.300. The standard InChI is InChI=1S/C20H20N2O/c1-2-6-14(7-3-1)12-19-22-11-10-16-15-8-4-5-9-17(15)21-20(16)18(22)13-23-19/h1-9,18-19,21H,10-13H2. The highest BCUT2D eigenvalue weighted by Gasteiger charge is 2.40. The summed E-state index contributed by atoms with van der Waals surface area (Å²) in [7, 11) is 0. The van der Waals surface area contributed by atoms with Crippen molar-refractivity contribution in [2.45, 2.75) is 25.1 Å². The number of ether oxygens (including phenoxy) is 1. The Balaban J connectivity index is 1.47. The van der Waals surface area contributed by atoms with Gasteiger partial charge in [0.2, 0.25) is 0 Å². The number of aromatic nitrogens is 1. The molecule has 0 amide bonds. The average molecular weight is 304 g/mol. The summed E-state index contributed by atoms with van der Waals surface area (Å²) in [5, 5.41) is 1.38. The monoisotopic (exact) mass is 304 g/mol.